The van der Waals surface area contributed by atoms with Crippen LogP contribution < -0.4 is 5.32 Å². The normalized spacial score (nSPS) is 18.1. The average molecular weight is 377 g/mol. The van der Waals surface area contributed by atoms with Crippen molar-refractivity contribution in [1.29, 1.82) is 0 Å². The molecule has 1 N–H and O–H groups in total. The number of benzene rings is 2. The lowest BCUT2D eigenvalue weighted by Crippen LogP contribution is -2.33. The number of hydrogen-bond acceptors (Lipinski definition) is 2. The SMILES string of the molecule is C[C@@H]1CCCN(Cc2ccc(C(=O)Nc3cccc(Cl)c3Cl)cc2)C1. The highest BCUT2D eigenvalue weighted by Crippen LogP contribution is 2.29. The van der Waals surface area contributed by atoms with Crippen LogP contribution in [0, 0.1) is 5.92 Å². The number of nitrogens with one attached hydrogen (secondary N) is 1. The molecule has 5 heteroatoms. The molecule has 3 rings (SSSR count). The van der Waals surface area contributed by atoms with Crippen molar-refractivity contribution in [2.75, 3.05) is 18.4 Å². The zero-order valence-corrected chi connectivity index (χ0v) is 15.8. The van der Waals surface area contributed by atoms with Crippen LogP contribution in [-0.4, -0.2) is 23.9 Å². The molecule has 1 heterocycles. The topological polar surface area (TPSA) is 32.3 Å². The zero-order valence-electron chi connectivity index (χ0n) is 14.3. The van der Waals surface area contributed by atoms with Gasteiger partial charge in [-0.15, -0.1) is 0 Å². The minimum atomic E-state index is -0.192. The quantitative estimate of drug-likeness (QED) is 0.766. The summed E-state index contributed by atoms with van der Waals surface area (Å²) in [5.74, 6) is 0.573. The van der Waals surface area contributed by atoms with Gasteiger partial charge in [0.15, 0.2) is 0 Å². The fourth-order valence-electron chi connectivity index (χ4n) is 3.24. The molecule has 3 nitrogen and oxygen atoms in total. The van der Waals surface area contributed by atoms with Crippen molar-refractivity contribution in [2.24, 2.45) is 5.92 Å². The summed E-state index contributed by atoms with van der Waals surface area (Å²) in [6.07, 6.45) is 2.59. The van der Waals surface area contributed by atoms with Gasteiger partial charge in [-0.25, -0.2) is 0 Å². The number of anilines is 1. The van der Waals surface area contributed by atoms with Crippen molar-refractivity contribution in [1.82, 2.24) is 4.90 Å². The van der Waals surface area contributed by atoms with Gasteiger partial charge in [-0.2, -0.15) is 0 Å². The third-order valence-corrected chi connectivity index (χ3v) is 5.38. The van der Waals surface area contributed by atoms with E-state index in [4.69, 9.17) is 23.2 Å². The molecular weight excluding hydrogens is 355 g/mol. The summed E-state index contributed by atoms with van der Waals surface area (Å²) in [5, 5.41) is 3.59. The molecule has 132 valence electrons. The van der Waals surface area contributed by atoms with E-state index in [0.29, 0.717) is 21.3 Å². The average Bonchev–Trinajstić information content (AvgIpc) is 2.59. The molecule has 25 heavy (non-hydrogen) atoms. The molecule has 2 aromatic rings. The van der Waals surface area contributed by atoms with E-state index < -0.39 is 0 Å². The number of rotatable bonds is 4. The van der Waals surface area contributed by atoms with E-state index in [-0.39, 0.29) is 5.91 Å². The standard InChI is InChI=1S/C20H22Cl2N2O/c1-14-4-3-11-24(12-14)13-15-7-9-16(10-8-15)20(25)23-18-6-2-5-17(21)19(18)22/h2,5-10,14H,3-4,11-13H2,1H3,(H,23,25)/t14-/m1/s1. The van der Waals surface area contributed by atoms with Crippen LogP contribution in [-0.2, 0) is 6.54 Å². The molecule has 2 aromatic carbocycles. The van der Waals surface area contributed by atoms with Gasteiger partial charge >= 0.3 is 0 Å². The Balaban J connectivity index is 1.63. The molecule has 0 unspecified atom stereocenters. The summed E-state index contributed by atoms with van der Waals surface area (Å²) in [4.78, 5) is 14.9. The summed E-state index contributed by atoms with van der Waals surface area (Å²) in [6, 6.07) is 12.9. The number of halogens is 2. The van der Waals surface area contributed by atoms with Crippen LogP contribution in [0.4, 0.5) is 5.69 Å². The van der Waals surface area contributed by atoms with Crippen molar-refractivity contribution in [3.05, 3.63) is 63.6 Å². The van der Waals surface area contributed by atoms with Gasteiger partial charge in [0, 0.05) is 18.7 Å². The zero-order chi connectivity index (χ0) is 17.8. The Hall–Kier alpha value is -1.55. The summed E-state index contributed by atoms with van der Waals surface area (Å²) in [7, 11) is 0. The lowest BCUT2D eigenvalue weighted by molar-refractivity contribution is 0.102. The van der Waals surface area contributed by atoms with E-state index in [1.165, 1.54) is 18.4 Å². The van der Waals surface area contributed by atoms with Gasteiger partial charge in [0.1, 0.15) is 0 Å². The number of carbonyl (C=O) groups is 1. The first-order valence-corrected chi connectivity index (χ1v) is 9.35. The molecule has 0 bridgehead atoms. The Morgan fingerprint density at radius 1 is 1.20 bits per heavy atom. The fraction of sp³-hybridized carbons (Fsp3) is 0.350. The number of carbonyl (C=O) groups excluding carboxylic acids is 1. The molecule has 1 aliphatic heterocycles. The minimum absolute atomic E-state index is 0.192. The predicted molar refractivity (Wildman–Crippen MR) is 105 cm³/mol. The summed E-state index contributed by atoms with van der Waals surface area (Å²) < 4.78 is 0. The fourth-order valence-corrected chi connectivity index (χ4v) is 3.59. The van der Waals surface area contributed by atoms with Gasteiger partial charge in [0.25, 0.3) is 5.91 Å². The van der Waals surface area contributed by atoms with Gasteiger partial charge in [-0.05, 0) is 55.1 Å². The summed E-state index contributed by atoms with van der Waals surface area (Å²) in [5.41, 5.74) is 2.35. The van der Waals surface area contributed by atoms with Crippen molar-refractivity contribution < 1.29 is 4.79 Å². The van der Waals surface area contributed by atoms with Crippen LogP contribution in [0.15, 0.2) is 42.5 Å². The molecule has 1 fully saturated rings. The van der Waals surface area contributed by atoms with Gasteiger partial charge < -0.3 is 5.32 Å². The Morgan fingerprint density at radius 3 is 2.68 bits per heavy atom. The van der Waals surface area contributed by atoms with Crippen molar-refractivity contribution >= 4 is 34.8 Å². The molecule has 0 saturated carbocycles. The summed E-state index contributed by atoms with van der Waals surface area (Å²) >= 11 is 12.1. The third-order valence-electron chi connectivity index (χ3n) is 4.56. The molecule has 1 aliphatic rings. The van der Waals surface area contributed by atoms with Crippen molar-refractivity contribution in [3.63, 3.8) is 0 Å². The van der Waals surface area contributed by atoms with E-state index >= 15 is 0 Å². The van der Waals surface area contributed by atoms with E-state index in [1.54, 1.807) is 18.2 Å². The maximum atomic E-state index is 12.4. The van der Waals surface area contributed by atoms with Gasteiger partial charge in [-0.1, -0.05) is 48.3 Å². The smallest absolute Gasteiger partial charge is 0.255 e. The van der Waals surface area contributed by atoms with E-state index in [0.717, 1.165) is 25.6 Å². The Bertz CT molecular complexity index is 746. The molecule has 1 amide bonds. The second-order valence-electron chi connectivity index (χ2n) is 6.73. The maximum Gasteiger partial charge on any atom is 0.255 e. The highest BCUT2D eigenvalue weighted by atomic mass is 35.5. The van der Waals surface area contributed by atoms with Gasteiger partial charge in [0.05, 0.1) is 15.7 Å². The van der Waals surface area contributed by atoms with Crippen LogP contribution in [0.3, 0.4) is 0 Å². The van der Waals surface area contributed by atoms with E-state index in [1.807, 2.05) is 24.3 Å². The Morgan fingerprint density at radius 2 is 1.96 bits per heavy atom. The number of piperidine rings is 1. The van der Waals surface area contributed by atoms with Gasteiger partial charge in [-0.3, -0.25) is 9.69 Å². The molecule has 1 saturated heterocycles. The van der Waals surface area contributed by atoms with Crippen molar-refractivity contribution in [3.8, 4) is 0 Å². The number of nitrogens with zero attached hydrogens (tertiary/aromatic N) is 1. The Kier molecular flexibility index (Phi) is 6.00. The summed E-state index contributed by atoms with van der Waals surface area (Å²) in [6.45, 7) is 5.54. The number of hydrogen-bond donors (Lipinski definition) is 1. The lowest BCUT2D eigenvalue weighted by atomic mass is 9.99. The predicted octanol–water partition coefficient (Wildman–Crippen LogP) is 5.48. The third kappa shape index (κ3) is 4.75. The van der Waals surface area contributed by atoms with Crippen LogP contribution in [0.5, 0.6) is 0 Å². The molecule has 0 spiro atoms. The minimum Gasteiger partial charge on any atom is -0.321 e. The highest BCUT2D eigenvalue weighted by molar-refractivity contribution is 6.44. The maximum absolute atomic E-state index is 12.4. The second-order valence-corrected chi connectivity index (χ2v) is 7.52. The van der Waals surface area contributed by atoms with Gasteiger partial charge in [0.2, 0.25) is 0 Å². The number of amides is 1. The van der Waals surface area contributed by atoms with E-state index in [2.05, 4.69) is 17.1 Å². The lowest BCUT2D eigenvalue weighted by Gasteiger charge is -2.30. The first kappa shape index (κ1) is 18.2. The first-order valence-electron chi connectivity index (χ1n) is 8.59. The van der Waals surface area contributed by atoms with E-state index in [9.17, 15) is 4.79 Å². The largest absolute Gasteiger partial charge is 0.321 e. The van der Waals surface area contributed by atoms with Crippen LogP contribution in [0.25, 0.3) is 0 Å². The Labute approximate surface area is 158 Å². The van der Waals surface area contributed by atoms with Crippen LogP contribution in [0.1, 0.15) is 35.7 Å². The highest BCUT2D eigenvalue weighted by Gasteiger charge is 2.16. The number of likely N-dealkylation sites (tertiary alicyclic amines) is 1. The molecule has 0 aliphatic carbocycles. The second kappa shape index (κ2) is 8.22. The first-order chi connectivity index (χ1) is 12.0. The van der Waals surface area contributed by atoms with Crippen molar-refractivity contribution in [2.45, 2.75) is 26.3 Å². The monoisotopic (exact) mass is 376 g/mol. The molecular formula is C20H22Cl2N2O. The molecule has 0 aromatic heterocycles. The molecule has 0 radical (unpaired) electrons. The van der Waals surface area contributed by atoms with Crippen LogP contribution >= 0.6 is 23.2 Å². The molecule has 1 atom stereocenters. The van der Waals surface area contributed by atoms with Crippen LogP contribution in [0.2, 0.25) is 10.0 Å².